The smallest absolute Gasteiger partial charge is 0.306 e. The van der Waals surface area contributed by atoms with Crippen molar-refractivity contribution in [1.82, 2.24) is 0 Å². The van der Waals surface area contributed by atoms with E-state index in [9.17, 15) is 13.6 Å². The van der Waals surface area contributed by atoms with Gasteiger partial charge in [-0.05, 0) is 34.0 Å². The Bertz CT molecular complexity index is 435. The van der Waals surface area contributed by atoms with E-state index in [1.165, 1.54) is 13.0 Å². The number of phenolic OH excluding ortho intramolecular Hbond substituents is 1. The molecular formula is C10H9BrF2O3. The second-order valence-corrected chi connectivity index (χ2v) is 4.29. The summed E-state index contributed by atoms with van der Waals surface area (Å²) in [6.45, 7) is 1.39. The van der Waals surface area contributed by atoms with Crippen LogP contribution in [0, 0.1) is 17.6 Å². The van der Waals surface area contributed by atoms with Gasteiger partial charge in [-0.25, -0.2) is 4.39 Å². The molecule has 0 saturated carbocycles. The Hall–Kier alpha value is -1.17. The van der Waals surface area contributed by atoms with Gasteiger partial charge in [0.2, 0.25) is 5.82 Å². The molecule has 1 aromatic rings. The van der Waals surface area contributed by atoms with E-state index in [1.54, 1.807) is 0 Å². The number of carboxylic acids is 1. The predicted octanol–water partition coefficient (Wildman–Crippen LogP) is 2.70. The number of phenols is 1. The molecule has 0 fully saturated rings. The second kappa shape index (κ2) is 4.78. The highest BCUT2D eigenvalue weighted by molar-refractivity contribution is 9.10. The van der Waals surface area contributed by atoms with Gasteiger partial charge in [0.15, 0.2) is 11.6 Å². The summed E-state index contributed by atoms with van der Waals surface area (Å²) in [6, 6.07) is 1.17. The molecule has 0 aliphatic carbocycles. The molecular weight excluding hydrogens is 286 g/mol. The van der Waals surface area contributed by atoms with Crippen molar-refractivity contribution in [3.8, 4) is 5.75 Å². The van der Waals surface area contributed by atoms with Crippen molar-refractivity contribution in [1.29, 1.82) is 0 Å². The number of hydrogen-bond acceptors (Lipinski definition) is 2. The summed E-state index contributed by atoms with van der Waals surface area (Å²) in [4.78, 5) is 10.6. The Labute approximate surface area is 98.8 Å². The third-order valence-electron chi connectivity index (χ3n) is 2.16. The number of aliphatic carboxylic acids is 1. The van der Waals surface area contributed by atoms with Crippen LogP contribution in [-0.2, 0) is 11.2 Å². The predicted molar refractivity (Wildman–Crippen MR) is 56.2 cm³/mol. The summed E-state index contributed by atoms with van der Waals surface area (Å²) in [7, 11) is 0. The average molecular weight is 295 g/mol. The van der Waals surface area contributed by atoms with Crippen molar-refractivity contribution in [3.05, 3.63) is 27.7 Å². The molecule has 1 aromatic carbocycles. The third-order valence-corrected chi connectivity index (χ3v) is 2.76. The third kappa shape index (κ3) is 2.49. The van der Waals surface area contributed by atoms with Crippen LogP contribution in [0.5, 0.6) is 5.75 Å². The highest BCUT2D eigenvalue weighted by atomic mass is 79.9. The number of aromatic hydroxyl groups is 1. The molecule has 1 rings (SSSR count). The molecule has 0 aromatic heterocycles. The van der Waals surface area contributed by atoms with Crippen LogP contribution in [0.25, 0.3) is 0 Å². The number of benzene rings is 1. The minimum atomic E-state index is -1.37. The zero-order chi connectivity index (χ0) is 12.5. The van der Waals surface area contributed by atoms with E-state index in [0.717, 1.165) is 0 Å². The fourth-order valence-electron chi connectivity index (χ4n) is 1.20. The Morgan fingerprint density at radius 2 is 2.06 bits per heavy atom. The Kier molecular flexibility index (Phi) is 3.85. The van der Waals surface area contributed by atoms with Gasteiger partial charge >= 0.3 is 5.97 Å². The van der Waals surface area contributed by atoms with Crippen molar-refractivity contribution >= 4 is 21.9 Å². The molecule has 0 amide bonds. The average Bonchev–Trinajstić information content (AvgIpc) is 2.22. The molecule has 0 saturated heterocycles. The zero-order valence-electron chi connectivity index (χ0n) is 8.30. The van der Waals surface area contributed by atoms with Crippen LogP contribution >= 0.6 is 15.9 Å². The standard InChI is InChI=1S/C10H9BrF2O3/c1-4(10(15)16)2-5-3-6(11)9(14)8(13)7(5)12/h3-4,14H,2H2,1H3,(H,15,16). The van der Waals surface area contributed by atoms with E-state index in [-0.39, 0.29) is 16.5 Å². The second-order valence-electron chi connectivity index (χ2n) is 3.44. The number of halogens is 3. The molecule has 0 spiro atoms. The topological polar surface area (TPSA) is 57.5 Å². The number of rotatable bonds is 3. The van der Waals surface area contributed by atoms with Crippen molar-refractivity contribution in [2.75, 3.05) is 0 Å². The van der Waals surface area contributed by atoms with Gasteiger partial charge in [-0.1, -0.05) is 6.92 Å². The minimum Gasteiger partial charge on any atom is -0.504 e. The Morgan fingerprint density at radius 3 is 2.56 bits per heavy atom. The first-order valence-electron chi connectivity index (χ1n) is 4.42. The van der Waals surface area contributed by atoms with Crippen molar-refractivity contribution in [2.45, 2.75) is 13.3 Å². The molecule has 6 heteroatoms. The van der Waals surface area contributed by atoms with Crippen molar-refractivity contribution < 1.29 is 23.8 Å². The van der Waals surface area contributed by atoms with Gasteiger partial charge in [0.1, 0.15) is 0 Å². The molecule has 3 nitrogen and oxygen atoms in total. The molecule has 0 bridgehead atoms. The molecule has 0 aliphatic heterocycles. The van der Waals surface area contributed by atoms with Gasteiger partial charge in [0, 0.05) is 0 Å². The van der Waals surface area contributed by atoms with Crippen LogP contribution in [-0.4, -0.2) is 16.2 Å². The summed E-state index contributed by atoms with van der Waals surface area (Å²) in [5.74, 6) is -5.32. The SMILES string of the molecule is CC(Cc1cc(Br)c(O)c(F)c1F)C(=O)O. The van der Waals surface area contributed by atoms with Gasteiger partial charge < -0.3 is 10.2 Å². The molecule has 0 aliphatic rings. The van der Waals surface area contributed by atoms with Crippen LogP contribution < -0.4 is 0 Å². The highest BCUT2D eigenvalue weighted by Gasteiger charge is 2.20. The lowest BCUT2D eigenvalue weighted by atomic mass is 10.0. The summed E-state index contributed by atoms with van der Waals surface area (Å²) in [5.41, 5.74) is -0.0860. The fraction of sp³-hybridized carbons (Fsp3) is 0.300. The number of carboxylic acid groups (broad SMARTS) is 1. The first kappa shape index (κ1) is 12.9. The summed E-state index contributed by atoms with van der Waals surface area (Å²) in [5, 5.41) is 17.7. The first-order chi connectivity index (χ1) is 7.34. The molecule has 88 valence electrons. The van der Waals surface area contributed by atoms with Crippen LogP contribution in [0.1, 0.15) is 12.5 Å². The summed E-state index contributed by atoms with van der Waals surface area (Å²) >= 11 is 2.85. The molecule has 2 N–H and O–H groups in total. The van der Waals surface area contributed by atoms with Crippen molar-refractivity contribution in [3.63, 3.8) is 0 Å². The lowest BCUT2D eigenvalue weighted by molar-refractivity contribution is -0.141. The molecule has 0 radical (unpaired) electrons. The lowest BCUT2D eigenvalue weighted by Gasteiger charge is -2.09. The van der Waals surface area contributed by atoms with Crippen LogP contribution in [0.3, 0.4) is 0 Å². The maximum Gasteiger partial charge on any atom is 0.306 e. The highest BCUT2D eigenvalue weighted by Crippen LogP contribution is 2.31. The minimum absolute atomic E-state index is 0.000936. The van der Waals surface area contributed by atoms with Crippen molar-refractivity contribution in [2.24, 2.45) is 5.92 Å². The van der Waals surface area contributed by atoms with E-state index in [4.69, 9.17) is 10.2 Å². The molecule has 1 atom stereocenters. The largest absolute Gasteiger partial charge is 0.504 e. The first-order valence-corrected chi connectivity index (χ1v) is 5.22. The monoisotopic (exact) mass is 294 g/mol. The van der Waals surface area contributed by atoms with Crippen LogP contribution in [0.2, 0.25) is 0 Å². The zero-order valence-corrected chi connectivity index (χ0v) is 9.88. The van der Waals surface area contributed by atoms with Gasteiger partial charge in [0.25, 0.3) is 0 Å². The van der Waals surface area contributed by atoms with Gasteiger partial charge in [0.05, 0.1) is 10.4 Å². The van der Waals surface area contributed by atoms with Gasteiger partial charge in [-0.2, -0.15) is 4.39 Å². The molecule has 16 heavy (non-hydrogen) atoms. The normalized spacial score (nSPS) is 12.5. The maximum absolute atomic E-state index is 13.3. The van der Waals surface area contributed by atoms with Gasteiger partial charge in [-0.15, -0.1) is 0 Å². The molecule has 0 heterocycles. The maximum atomic E-state index is 13.3. The van der Waals surface area contributed by atoms with E-state index >= 15 is 0 Å². The molecule has 1 unspecified atom stereocenters. The number of hydrogen-bond donors (Lipinski definition) is 2. The van der Waals surface area contributed by atoms with E-state index in [1.807, 2.05) is 0 Å². The van der Waals surface area contributed by atoms with Gasteiger partial charge in [-0.3, -0.25) is 4.79 Å². The van der Waals surface area contributed by atoms with E-state index in [2.05, 4.69) is 15.9 Å². The Balaban J connectivity index is 3.11. The Morgan fingerprint density at radius 1 is 1.50 bits per heavy atom. The number of carbonyl (C=O) groups is 1. The van der Waals surface area contributed by atoms with Crippen LogP contribution in [0.15, 0.2) is 10.5 Å². The van der Waals surface area contributed by atoms with E-state index < -0.39 is 29.3 Å². The van der Waals surface area contributed by atoms with Crippen LogP contribution in [0.4, 0.5) is 8.78 Å². The summed E-state index contributed by atoms with van der Waals surface area (Å²) in [6.07, 6.45) is -0.142. The van der Waals surface area contributed by atoms with E-state index in [0.29, 0.717) is 0 Å². The quantitative estimate of drug-likeness (QED) is 0.843. The fourth-order valence-corrected chi connectivity index (χ4v) is 1.65. The lowest BCUT2D eigenvalue weighted by Crippen LogP contribution is -2.13. The summed E-state index contributed by atoms with van der Waals surface area (Å²) < 4.78 is 26.4.